The maximum absolute atomic E-state index is 14.0. The summed E-state index contributed by atoms with van der Waals surface area (Å²) < 4.78 is 272. The van der Waals surface area contributed by atoms with E-state index in [-0.39, 0.29) is 145 Å². The molecule has 6 fully saturated rings. The Morgan fingerprint density at radius 2 is 0.780 bits per heavy atom. The van der Waals surface area contributed by atoms with E-state index >= 15 is 0 Å². The van der Waals surface area contributed by atoms with Crippen molar-refractivity contribution in [3.8, 4) is 68.6 Å². The van der Waals surface area contributed by atoms with Gasteiger partial charge in [0.25, 0.3) is 0 Å². The number of esters is 2. The smallest absolute Gasteiger partial charge is 0.857 e. The van der Waals surface area contributed by atoms with Gasteiger partial charge in [-0.1, -0.05) is 50.9 Å². The molecule has 0 saturated carbocycles. The Morgan fingerprint density at radius 3 is 1.10 bits per heavy atom. The third-order valence-electron chi connectivity index (χ3n) is 24.1. The number of aromatic nitrogens is 21. The maximum atomic E-state index is 14.0. The monoisotopic (exact) mass is 2190 g/mol. The number of aliphatic hydroxyl groups is 5. The molecular formula is C88H92F15N24NaO19S3. The Morgan fingerprint density at radius 1 is 0.473 bits per heavy atom. The average molecular weight is 2190 g/mol. The first-order chi connectivity index (χ1) is 71.1. The van der Waals surface area contributed by atoms with Gasteiger partial charge in [0.15, 0.2) is 52.4 Å². The number of methoxy groups -OCH3 is 3. The number of alkyl halides is 6. The van der Waals surface area contributed by atoms with E-state index in [1.165, 1.54) is 113 Å². The van der Waals surface area contributed by atoms with Gasteiger partial charge in [0.1, 0.15) is 112 Å². The van der Waals surface area contributed by atoms with Gasteiger partial charge < -0.3 is 82.7 Å². The Labute approximate surface area is 875 Å². The van der Waals surface area contributed by atoms with E-state index in [1.54, 1.807) is 12.4 Å². The molecule has 62 heteroatoms. The molecule has 802 valence electrons. The Balaban J connectivity index is 0.000000190. The van der Waals surface area contributed by atoms with Gasteiger partial charge in [-0.05, 0) is 48.9 Å². The summed E-state index contributed by atoms with van der Waals surface area (Å²) in [7, 11) is 4.99. The van der Waals surface area contributed by atoms with Crippen molar-refractivity contribution in [2.45, 2.75) is 176 Å². The first kappa shape index (κ1) is 117. The van der Waals surface area contributed by atoms with Gasteiger partial charge in [-0.25, -0.2) is 92.8 Å². The molecular weight excluding hydrogens is 2100 g/mol. The number of halogens is 15. The van der Waals surface area contributed by atoms with E-state index < -0.39 is 230 Å². The van der Waals surface area contributed by atoms with Crippen LogP contribution in [0.2, 0.25) is 0 Å². The number of hydrogen-bond acceptors (Lipinski definition) is 39. The van der Waals surface area contributed by atoms with E-state index in [9.17, 15) is 101 Å². The van der Waals surface area contributed by atoms with Crippen LogP contribution in [0.4, 0.5) is 65.9 Å². The van der Waals surface area contributed by atoms with E-state index in [1.807, 2.05) is 20.8 Å². The molecule has 8 aromatic heterocycles. The molecule has 24 unspecified atom stereocenters. The number of nitrogens with zero attached hydrogens (tertiary/aromatic N) is 24. The molecule has 17 rings (SSSR count). The van der Waals surface area contributed by atoms with E-state index in [0.29, 0.717) is 0 Å². The van der Waals surface area contributed by atoms with Gasteiger partial charge in [0.2, 0.25) is 11.6 Å². The number of ether oxygens (including phenoxy) is 11. The van der Waals surface area contributed by atoms with Crippen LogP contribution in [0.3, 0.4) is 0 Å². The standard InChI is InChI=1S/C30H30F6N8O6S.C27H26F6N8O6S.C23H27F3N6O6S.C7H6N2.CH3O.Na/c1-13-22(11-49-14(2)45)50-28(27(47-3)25(13)44-9-19(39-42-44)15-4-17(31)24(33)18(32)5-15)51-23-12-48-10-21(26(23)46)43-8-20(40-41-43)16-6-37-29(38-7-16)30(34,35)36;1-45-24-21(41-7-15(36-39-41)11-2-13(28)20(30)14(29)3-11)23(44)18(8-42)47-25(24)48-19-10-46-9-17(22(19)43)40-6-16(37-38-40)12-4-34-26(35-5-12)27(31,32)33;1-10-17(8-37-11(2)33)38-23(39-18-9-36-7-16(21(18)34)28-30-27)22(35-3)20(10)32-6-15(29-31-32)12-4-13(24)19(26)14(25)5-12;1-3-7-4-8-6(2)9-5-7;1-2;/h4-9,13,21-23,25-28,46H,10-12H2,1-3H3;2-7,17-19,21-25,42-44H,8-10H2,1H3;4-6,10,16-18,20-23,34H,7-9H2,1-3H3;1,4-5H,2H3;1H3;/q;;;;-1;+1. The molecule has 6 aliphatic rings. The number of aryl methyl sites for hydroxylation is 1. The minimum absolute atomic E-state index is 0. The fourth-order valence-corrected chi connectivity index (χ4v) is 21.0. The molecule has 14 heterocycles. The minimum Gasteiger partial charge on any atom is -0.857 e. The summed E-state index contributed by atoms with van der Waals surface area (Å²) in [4.78, 5) is 47.2. The van der Waals surface area contributed by atoms with Gasteiger partial charge in [0.05, 0.1) is 147 Å². The van der Waals surface area contributed by atoms with Crippen molar-refractivity contribution in [2.75, 3.05) is 87.9 Å². The predicted molar refractivity (Wildman–Crippen MR) is 485 cm³/mol. The van der Waals surface area contributed by atoms with Crippen LogP contribution in [0.5, 0.6) is 0 Å². The summed E-state index contributed by atoms with van der Waals surface area (Å²) in [6.45, 7) is 7.52. The molecule has 0 amide bonds. The topological polar surface area (TPSA) is 540 Å². The average Bonchev–Trinajstić information content (AvgIpc) is 1.21. The number of carbonyl (C=O) groups is 2. The second-order valence-electron chi connectivity index (χ2n) is 33.6. The van der Waals surface area contributed by atoms with Crippen LogP contribution in [-0.4, -0.2) is 329 Å². The first-order valence-electron chi connectivity index (χ1n) is 44.5. The van der Waals surface area contributed by atoms with Crippen molar-refractivity contribution in [1.29, 1.82) is 0 Å². The Kier molecular flexibility index (Phi) is 41.1. The summed E-state index contributed by atoms with van der Waals surface area (Å²) in [5.41, 5.74) is 7.59. The molecule has 43 nitrogen and oxygen atoms in total. The Bertz CT molecular complexity index is 6370. The summed E-state index contributed by atoms with van der Waals surface area (Å²) in [5.74, 6) is -14.5. The number of azide groups is 1. The zero-order chi connectivity index (χ0) is 108. The van der Waals surface area contributed by atoms with Gasteiger partial charge in [-0.2, -0.15) is 33.5 Å². The van der Waals surface area contributed by atoms with Gasteiger partial charge in [-0.3, -0.25) is 9.59 Å². The SMILES string of the molecule is C#Cc1cnc(C)nc1.COC1C(SC2COCC(N=[N+]=[N-])C2O)OC(COC(C)=O)C(C)C1n1cc(-c2cc(F)c(F)c(F)c2)nn1.COC1C(SC2COCC(n3cc(-c4cnc(C(F)(F)F)nc4)nn3)C2O)OC(CO)C(O)C1n1cc(-c2cc(F)c(F)c(F)c2)nn1.COC1C(SC2COCC(n3cc(-c4cnc(C(F)(F)F)nc4)nn3)C2O)OC(COC(C)=O)C(C)C1n1cc(-c2cc(F)c(F)c(F)c2)nn1.C[O-].[Na+]. The number of benzene rings is 3. The van der Waals surface area contributed by atoms with Crippen LogP contribution in [0.25, 0.3) is 66.7 Å². The third-order valence-corrected chi connectivity index (χ3v) is 28.4. The van der Waals surface area contributed by atoms with Crippen molar-refractivity contribution >= 4 is 47.2 Å². The molecule has 6 saturated heterocycles. The fourth-order valence-electron chi connectivity index (χ4n) is 16.5. The first-order valence-corrected chi connectivity index (χ1v) is 47.3. The molecule has 0 bridgehead atoms. The second-order valence-corrected chi connectivity index (χ2v) is 37.7. The van der Waals surface area contributed by atoms with Crippen LogP contribution >= 0.6 is 35.3 Å². The molecule has 24 atom stereocenters. The number of carbonyl (C=O) groups excluding carboxylic acids is 2. The molecule has 6 aliphatic heterocycles. The summed E-state index contributed by atoms with van der Waals surface area (Å²) in [6.07, 6.45) is 0.105. The number of rotatable bonds is 25. The number of terminal acetylenes is 1. The van der Waals surface area contributed by atoms with Crippen molar-refractivity contribution in [1.82, 2.24) is 105 Å². The molecule has 11 aromatic rings. The van der Waals surface area contributed by atoms with Crippen LogP contribution in [-0.2, 0) is 74.0 Å². The second kappa shape index (κ2) is 52.4. The van der Waals surface area contributed by atoms with Crippen LogP contribution < -0.4 is 34.7 Å². The van der Waals surface area contributed by atoms with Crippen LogP contribution in [0.1, 0.15) is 80.9 Å². The van der Waals surface area contributed by atoms with E-state index in [4.69, 9.17) is 69.2 Å². The molecule has 150 heavy (non-hydrogen) atoms. The minimum atomic E-state index is -4.71. The number of aliphatic hydroxyl groups excluding tert-OH is 5. The van der Waals surface area contributed by atoms with Crippen molar-refractivity contribution in [3.63, 3.8) is 0 Å². The molecule has 5 N–H and O–H groups in total. The van der Waals surface area contributed by atoms with E-state index in [2.05, 4.69) is 97.4 Å². The van der Waals surface area contributed by atoms with Crippen LogP contribution in [0.15, 0.2) is 110 Å². The van der Waals surface area contributed by atoms with Crippen molar-refractivity contribution in [2.24, 2.45) is 17.0 Å². The summed E-state index contributed by atoms with van der Waals surface area (Å²) >= 11 is 3.47. The quantitative estimate of drug-likeness (QED) is 0.00717. The maximum Gasteiger partial charge on any atom is 1.00 e. The molecule has 0 spiro atoms. The van der Waals surface area contributed by atoms with Gasteiger partial charge in [0, 0.05) is 117 Å². The zero-order valence-corrected chi connectivity index (χ0v) is 84.6. The number of hydrogen-bond donors (Lipinski definition) is 5. The van der Waals surface area contributed by atoms with Crippen LogP contribution in [0, 0.1) is 83.5 Å². The third kappa shape index (κ3) is 27.9. The van der Waals surface area contributed by atoms with Crippen molar-refractivity contribution in [3.05, 3.63) is 190 Å². The molecule has 0 aliphatic carbocycles. The zero-order valence-electron chi connectivity index (χ0n) is 80.2. The van der Waals surface area contributed by atoms with Crippen molar-refractivity contribution < 1.29 is 188 Å². The molecule has 3 aromatic carbocycles. The Hall–Kier alpha value is -11.2. The van der Waals surface area contributed by atoms with E-state index in [0.717, 1.165) is 91.4 Å². The normalized spacial score (nSPS) is 26.8. The summed E-state index contributed by atoms with van der Waals surface area (Å²) in [5, 5.41) is 105. The fraction of sp³-hybridized carbons (Fsp3) is 0.500. The molecule has 0 radical (unpaired) electrons. The largest absolute Gasteiger partial charge is 1.00 e. The summed E-state index contributed by atoms with van der Waals surface area (Å²) in [6, 6.07) is 0.0921. The van der Waals surface area contributed by atoms with Gasteiger partial charge in [-0.15, -0.1) is 67.2 Å². The van der Waals surface area contributed by atoms with Gasteiger partial charge >= 0.3 is 53.8 Å². The predicted octanol–water partition coefficient (Wildman–Crippen LogP) is 5.20. The number of thioether (sulfide) groups is 3.